The average molecular weight is 180 g/mol. The summed E-state index contributed by atoms with van der Waals surface area (Å²) in [6.07, 6.45) is -4.39. The first-order valence-electron chi connectivity index (χ1n) is 3.03. The van der Waals surface area contributed by atoms with E-state index in [2.05, 4.69) is 5.10 Å². The molecule has 0 radical (unpaired) electrons. The molecule has 0 aromatic carbocycles. The maximum Gasteiger partial charge on any atom is 0.433 e. The lowest BCUT2D eigenvalue weighted by atomic mass is 10.4. The molecule has 0 saturated heterocycles. The van der Waals surface area contributed by atoms with E-state index < -0.39 is 11.9 Å². The van der Waals surface area contributed by atoms with Crippen molar-refractivity contribution in [2.45, 2.75) is 6.18 Å². The Hall–Kier alpha value is -1.24. The zero-order valence-electron chi connectivity index (χ0n) is 6.18. The summed E-state index contributed by atoms with van der Waals surface area (Å²) >= 11 is 0. The van der Waals surface area contributed by atoms with Crippen molar-refractivity contribution < 1.29 is 13.2 Å². The highest BCUT2D eigenvalue weighted by atomic mass is 19.4. The van der Waals surface area contributed by atoms with Gasteiger partial charge in [-0.25, -0.2) is 5.84 Å². The van der Waals surface area contributed by atoms with E-state index in [0.717, 1.165) is 10.7 Å². The second-order valence-corrected chi connectivity index (χ2v) is 2.18. The van der Waals surface area contributed by atoms with Crippen molar-refractivity contribution in [3.8, 4) is 0 Å². The summed E-state index contributed by atoms with van der Waals surface area (Å²) in [5.74, 6) is 4.87. The fourth-order valence-electron chi connectivity index (χ4n) is 0.803. The summed E-state index contributed by atoms with van der Waals surface area (Å²) in [7, 11) is 1.20. The van der Waals surface area contributed by atoms with Crippen molar-refractivity contribution in [1.82, 2.24) is 9.78 Å². The SMILES string of the molecule is Cn1nc(NN)cc1C(F)(F)F. The first kappa shape index (κ1) is 8.85. The van der Waals surface area contributed by atoms with Crippen molar-refractivity contribution in [1.29, 1.82) is 0 Å². The van der Waals surface area contributed by atoms with Crippen LogP contribution in [0.15, 0.2) is 6.07 Å². The molecule has 1 aromatic heterocycles. The molecule has 0 amide bonds. The minimum absolute atomic E-state index is 0.00942. The topological polar surface area (TPSA) is 55.9 Å². The molecule has 0 bridgehead atoms. The number of halogens is 3. The summed E-state index contributed by atoms with van der Waals surface area (Å²) < 4.78 is 36.9. The number of alkyl halides is 3. The van der Waals surface area contributed by atoms with Gasteiger partial charge < -0.3 is 5.43 Å². The van der Waals surface area contributed by atoms with E-state index in [-0.39, 0.29) is 5.82 Å². The minimum Gasteiger partial charge on any atom is -0.307 e. The van der Waals surface area contributed by atoms with Crippen LogP contribution in [0, 0.1) is 0 Å². The number of nitrogen functional groups attached to an aromatic ring is 1. The third kappa shape index (κ3) is 1.50. The molecule has 0 saturated carbocycles. The Morgan fingerprint density at radius 3 is 2.42 bits per heavy atom. The molecule has 4 nitrogen and oxygen atoms in total. The van der Waals surface area contributed by atoms with Crippen LogP contribution in [0.25, 0.3) is 0 Å². The van der Waals surface area contributed by atoms with E-state index >= 15 is 0 Å². The van der Waals surface area contributed by atoms with Gasteiger partial charge in [-0.15, -0.1) is 0 Å². The van der Waals surface area contributed by atoms with Crippen LogP contribution in [0.4, 0.5) is 19.0 Å². The Labute approximate surface area is 66.1 Å². The van der Waals surface area contributed by atoms with Gasteiger partial charge in [0.25, 0.3) is 0 Å². The van der Waals surface area contributed by atoms with Gasteiger partial charge in [0, 0.05) is 13.1 Å². The third-order valence-corrected chi connectivity index (χ3v) is 1.32. The molecule has 1 heterocycles. The molecule has 7 heteroatoms. The number of hydrogen-bond donors (Lipinski definition) is 2. The van der Waals surface area contributed by atoms with Crippen LogP contribution < -0.4 is 11.3 Å². The largest absolute Gasteiger partial charge is 0.433 e. The van der Waals surface area contributed by atoms with Gasteiger partial charge in [-0.3, -0.25) is 4.68 Å². The molecule has 0 aliphatic heterocycles. The average Bonchev–Trinajstić information content (AvgIpc) is 2.29. The van der Waals surface area contributed by atoms with E-state index in [1.165, 1.54) is 7.05 Å². The molecule has 0 spiro atoms. The Balaban J connectivity index is 3.08. The third-order valence-electron chi connectivity index (χ3n) is 1.32. The number of hydrazine groups is 1. The number of nitrogens with two attached hydrogens (primary N) is 1. The zero-order chi connectivity index (χ0) is 9.35. The predicted octanol–water partition coefficient (Wildman–Crippen LogP) is 0.724. The highest BCUT2D eigenvalue weighted by molar-refractivity contribution is 5.35. The summed E-state index contributed by atoms with van der Waals surface area (Å²) in [6.45, 7) is 0. The lowest BCUT2D eigenvalue weighted by Gasteiger charge is -2.04. The van der Waals surface area contributed by atoms with Crippen LogP contribution in [-0.4, -0.2) is 9.78 Å². The predicted molar refractivity (Wildman–Crippen MR) is 36.0 cm³/mol. The first-order valence-corrected chi connectivity index (χ1v) is 3.03. The summed E-state index contributed by atoms with van der Waals surface area (Å²) in [6, 6.07) is 0.833. The highest BCUT2D eigenvalue weighted by Gasteiger charge is 2.34. The molecule has 1 rings (SSSR count). The maximum absolute atomic E-state index is 12.1. The monoisotopic (exact) mass is 180 g/mol. The molecule has 0 unspecified atom stereocenters. The molecule has 0 aliphatic carbocycles. The Bertz CT molecular complexity index is 277. The summed E-state index contributed by atoms with van der Waals surface area (Å²) in [5.41, 5.74) is 1.19. The van der Waals surface area contributed by atoms with Crippen LogP contribution in [0.5, 0.6) is 0 Å². The Kier molecular flexibility index (Phi) is 1.97. The lowest BCUT2D eigenvalue weighted by Crippen LogP contribution is -2.11. The number of anilines is 1. The second kappa shape index (κ2) is 2.67. The summed E-state index contributed by atoms with van der Waals surface area (Å²) in [5, 5.41) is 3.46. The van der Waals surface area contributed by atoms with Gasteiger partial charge in [0.2, 0.25) is 0 Å². The Morgan fingerprint density at radius 1 is 1.58 bits per heavy atom. The molecular weight excluding hydrogens is 173 g/mol. The van der Waals surface area contributed by atoms with Gasteiger partial charge in [0.1, 0.15) is 5.69 Å². The first-order chi connectivity index (χ1) is 5.45. The molecule has 1 aromatic rings. The molecular formula is C5H7F3N4. The number of aromatic nitrogens is 2. The van der Waals surface area contributed by atoms with Gasteiger partial charge in [0.05, 0.1) is 0 Å². The van der Waals surface area contributed by atoms with Crippen molar-refractivity contribution in [3.63, 3.8) is 0 Å². The van der Waals surface area contributed by atoms with Crippen LogP contribution in [0.2, 0.25) is 0 Å². The molecule has 0 aliphatic rings. The number of rotatable bonds is 1. The molecule has 0 atom stereocenters. The summed E-state index contributed by atoms with van der Waals surface area (Å²) in [4.78, 5) is 0. The fourth-order valence-corrected chi connectivity index (χ4v) is 0.803. The number of hydrogen-bond acceptors (Lipinski definition) is 3. The van der Waals surface area contributed by atoms with E-state index in [1.807, 2.05) is 5.43 Å². The van der Waals surface area contributed by atoms with Crippen LogP contribution in [-0.2, 0) is 13.2 Å². The maximum atomic E-state index is 12.1. The van der Waals surface area contributed by atoms with Gasteiger partial charge in [-0.05, 0) is 0 Å². The van der Waals surface area contributed by atoms with Crippen molar-refractivity contribution in [2.75, 3.05) is 5.43 Å². The van der Waals surface area contributed by atoms with E-state index in [1.54, 1.807) is 0 Å². The van der Waals surface area contributed by atoms with E-state index in [4.69, 9.17) is 5.84 Å². The smallest absolute Gasteiger partial charge is 0.307 e. The van der Waals surface area contributed by atoms with E-state index in [0.29, 0.717) is 0 Å². The second-order valence-electron chi connectivity index (χ2n) is 2.18. The molecule has 12 heavy (non-hydrogen) atoms. The standard InChI is InChI=1S/C5H7F3N4/c1-12-3(5(6,7)8)2-4(10-9)11-12/h2H,9H2,1H3,(H,10,11). The molecule has 0 fully saturated rings. The fraction of sp³-hybridized carbons (Fsp3) is 0.400. The number of nitrogens with zero attached hydrogens (tertiary/aromatic N) is 2. The van der Waals surface area contributed by atoms with Crippen molar-refractivity contribution >= 4 is 5.82 Å². The normalized spacial score (nSPS) is 11.8. The Morgan fingerprint density at radius 2 is 2.17 bits per heavy atom. The minimum atomic E-state index is -4.39. The zero-order valence-corrected chi connectivity index (χ0v) is 6.18. The number of nitrogens with one attached hydrogen (secondary N) is 1. The van der Waals surface area contributed by atoms with Gasteiger partial charge in [-0.1, -0.05) is 0 Å². The van der Waals surface area contributed by atoms with Gasteiger partial charge >= 0.3 is 6.18 Å². The van der Waals surface area contributed by atoms with Crippen LogP contribution in [0.3, 0.4) is 0 Å². The lowest BCUT2D eigenvalue weighted by molar-refractivity contribution is -0.143. The van der Waals surface area contributed by atoms with Crippen molar-refractivity contribution in [2.24, 2.45) is 12.9 Å². The quantitative estimate of drug-likeness (QED) is 0.494. The van der Waals surface area contributed by atoms with Crippen molar-refractivity contribution in [3.05, 3.63) is 11.8 Å². The molecule has 3 N–H and O–H groups in total. The van der Waals surface area contributed by atoms with E-state index in [9.17, 15) is 13.2 Å². The van der Waals surface area contributed by atoms with Crippen LogP contribution in [0.1, 0.15) is 5.69 Å². The van der Waals surface area contributed by atoms with Gasteiger partial charge in [-0.2, -0.15) is 18.3 Å². The number of aryl methyl sites for hydroxylation is 1. The highest BCUT2D eigenvalue weighted by Crippen LogP contribution is 2.29. The van der Waals surface area contributed by atoms with Crippen LogP contribution >= 0.6 is 0 Å². The molecule has 68 valence electrons. The van der Waals surface area contributed by atoms with Gasteiger partial charge in [0.15, 0.2) is 5.82 Å².